The van der Waals surface area contributed by atoms with Crippen LogP contribution in [0.1, 0.15) is 48.8 Å². The van der Waals surface area contributed by atoms with Crippen LogP contribution in [-0.2, 0) is 10.3 Å². The van der Waals surface area contributed by atoms with E-state index < -0.39 is 53.7 Å². The monoisotopic (exact) mass is 482 g/mol. The van der Waals surface area contributed by atoms with Crippen LogP contribution in [0.3, 0.4) is 0 Å². The van der Waals surface area contributed by atoms with Crippen LogP contribution in [0.4, 0.5) is 26.3 Å². The Labute approximate surface area is 192 Å². The lowest BCUT2D eigenvalue weighted by Gasteiger charge is -2.42. The van der Waals surface area contributed by atoms with Crippen LogP contribution in [0.25, 0.3) is 0 Å². The quantitative estimate of drug-likeness (QED) is 0.303. The van der Waals surface area contributed by atoms with Gasteiger partial charge < -0.3 is 14.7 Å². The molecule has 10 heteroatoms. The van der Waals surface area contributed by atoms with Gasteiger partial charge in [-0.05, 0) is 59.5 Å². The van der Waals surface area contributed by atoms with Gasteiger partial charge in [0.15, 0.2) is 0 Å². The van der Waals surface area contributed by atoms with Crippen molar-refractivity contribution in [2.75, 3.05) is 0 Å². The van der Waals surface area contributed by atoms with Crippen molar-refractivity contribution in [2.45, 2.75) is 37.7 Å². The highest BCUT2D eigenvalue weighted by Crippen LogP contribution is 2.49. The maximum atomic E-state index is 14.3. The Morgan fingerprint density at radius 3 is 1.44 bits per heavy atom. The summed E-state index contributed by atoms with van der Waals surface area (Å²) in [6, 6.07) is 6.75. The van der Waals surface area contributed by atoms with Crippen LogP contribution in [0.5, 0.6) is 0 Å². The fourth-order valence-corrected chi connectivity index (χ4v) is 4.28. The van der Waals surface area contributed by atoms with Gasteiger partial charge in [-0.3, -0.25) is 0 Å². The lowest BCUT2D eigenvalue weighted by Crippen LogP contribution is -2.43. The number of benzene rings is 3. The fraction of sp³-hybridized carbons (Fsp3) is 0.250. The minimum Gasteiger partial charge on any atom is -0.402 e. The molecule has 0 aliphatic carbocycles. The molecule has 3 aromatic rings. The highest BCUT2D eigenvalue weighted by atomic mass is 19.2. The second-order valence-corrected chi connectivity index (χ2v) is 7.89. The minimum absolute atomic E-state index is 0.0301. The first-order valence-electron chi connectivity index (χ1n) is 10.5. The highest BCUT2D eigenvalue weighted by Gasteiger charge is 2.47. The van der Waals surface area contributed by atoms with Crippen LogP contribution in [0.2, 0.25) is 0 Å². The average Bonchev–Trinajstić information content (AvgIpc) is 2.70. The van der Waals surface area contributed by atoms with Crippen LogP contribution >= 0.6 is 0 Å². The molecule has 0 aliphatic rings. The summed E-state index contributed by atoms with van der Waals surface area (Å²) in [4.78, 5) is 0. The molecule has 3 rings (SSSR count). The summed E-state index contributed by atoms with van der Waals surface area (Å²) in [5.41, 5.74) is -3.21. The van der Waals surface area contributed by atoms with E-state index in [2.05, 4.69) is 0 Å². The normalized spacial score (nSPS) is 12.6. The van der Waals surface area contributed by atoms with Gasteiger partial charge in [0.05, 0.1) is 0 Å². The van der Waals surface area contributed by atoms with Crippen molar-refractivity contribution in [3.63, 3.8) is 0 Å². The average molecular weight is 482 g/mol. The summed E-state index contributed by atoms with van der Waals surface area (Å²) in [7, 11) is -2.60. The maximum Gasteiger partial charge on any atom is 0.634 e. The van der Waals surface area contributed by atoms with Crippen molar-refractivity contribution in [1.29, 1.82) is 0 Å². The van der Waals surface area contributed by atoms with Crippen molar-refractivity contribution < 1.29 is 41.0 Å². The predicted molar refractivity (Wildman–Crippen MR) is 113 cm³/mol. The third kappa shape index (κ3) is 5.63. The zero-order valence-electron chi connectivity index (χ0n) is 18.0. The Morgan fingerprint density at radius 1 is 0.706 bits per heavy atom. The van der Waals surface area contributed by atoms with E-state index >= 15 is 0 Å². The van der Waals surface area contributed by atoms with E-state index in [1.54, 1.807) is 6.92 Å². The minimum atomic E-state index is -2.60. The van der Waals surface area contributed by atoms with Crippen molar-refractivity contribution in [3.05, 3.63) is 106 Å². The molecule has 0 aromatic heterocycles. The molecule has 1 atom stereocenters. The van der Waals surface area contributed by atoms with E-state index in [1.165, 1.54) is 0 Å². The summed E-state index contributed by atoms with van der Waals surface area (Å²) < 4.78 is 91.1. The van der Waals surface area contributed by atoms with E-state index in [4.69, 9.17) is 4.65 Å². The number of rotatable bonds is 9. The van der Waals surface area contributed by atoms with Gasteiger partial charge >= 0.3 is 7.32 Å². The van der Waals surface area contributed by atoms with Gasteiger partial charge in [-0.2, -0.15) is 0 Å². The third-order valence-corrected chi connectivity index (χ3v) is 5.50. The highest BCUT2D eigenvalue weighted by molar-refractivity contribution is 6.32. The summed E-state index contributed by atoms with van der Waals surface area (Å²) >= 11 is 0. The zero-order valence-corrected chi connectivity index (χ0v) is 18.0. The molecule has 3 nitrogen and oxygen atoms in total. The summed E-state index contributed by atoms with van der Waals surface area (Å²) in [5.74, 6) is -7.59. The van der Waals surface area contributed by atoms with Gasteiger partial charge in [-0.1, -0.05) is 19.8 Å². The Morgan fingerprint density at radius 2 is 1.09 bits per heavy atom. The molecule has 0 saturated carbocycles. The van der Waals surface area contributed by atoms with Crippen LogP contribution in [-0.4, -0.2) is 17.4 Å². The third-order valence-electron chi connectivity index (χ3n) is 5.50. The van der Waals surface area contributed by atoms with Crippen LogP contribution < -0.4 is 0 Å². The van der Waals surface area contributed by atoms with E-state index in [0.29, 0.717) is 31.0 Å². The molecular weight excluding hydrogens is 461 g/mol. The van der Waals surface area contributed by atoms with E-state index in [0.717, 1.165) is 36.4 Å². The van der Waals surface area contributed by atoms with Crippen molar-refractivity contribution >= 4 is 7.32 Å². The van der Waals surface area contributed by atoms with Gasteiger partial charge in [0.1, 0.15) is 40.5 Å². The number of hydrogen-bond donors (Lipinski definition) is 2. The number of hydrogen-bond acceptors (Lipinski definition) is 3. The van der Waals surface area contributed by atoms with Gasteiger partial charge in [-0.25, -0.2) is 26.3 Å². The summed E-state index contributed by atoms with van der Waals surface area (Å²) in [6.07, 6.45) is 0.967. The molecule has 0 fully saturated rings. The van der Waals surface area contributed by atoms with E-state index in [1.807, 2.05) is 0 Å². The van der Waals surface area contributed by atoms with Crippen molar-refractivity contribution in [3.8, 4) is 0 Å². The topological polar surface area (TPSA) is 49.7 Å². The van der Waals surface area contributed by atoms with Crippen LogP contribution in [0, 0.1) is 34.9 Å². The summed E-state index contributed by atoms with van der Waals surface area (Å²) in [5, 5.41) is 19.7. The number of unbranched alkanes of at least 4 members (excludes halogenated alkanes) is 1. The largest absolute Gasteiger partial charge is 0.634 e. The molecule has 3 aromatic carbocycles. The second-order valence-electron chi connectivity index (χ2n) is 7.89. The Balaban J connectivity index is 2.46. The number of halogens is 6. The molecule has 1 unspecified atom stereocenters. The fourth-order valence-electron chi connectivity index (χ4n) is 4.28. The van der Waals surface area contributed by atoms with Crippen molar-refractivity contribution in [1.82, 2.24) is 0 Å². The first kappa shape index (κ1) is 25.8. The smallest absolute Gasteiger partial charge is 0.402 e. The molecule has 0 heterocycles. The van der Waals surface area contributed by atoms with Gasteiger partial charge in [-0.15, -0.1) is 0 Å². The zero-order chi connectivity index (χ0) is 25.0. The molecule has 34 heavy (non-hydrogen) atoms. The molecular formula is C24H21BF6O3. The molecule has 0 saturated heterocycles. The maximum absolute atomic E-state index is 14.3. The van der Waals surface area contributed by atoms with Gasteiger partial charge in [0, 0.05) is 24.1 Å². The first-order valence-corrected chi connectivity index (χ1v) is 10.5. The standard InChI is InChI=1S/C24H21BF6O3/c1-2-3-4-23(14-5-17(26)11-18(27)6-14)24(34-25(32)33,15-7-19(28)12-20(29)8-15)16-9-21(30)13-22(31)10-16/h5-13,23,32-33H,2-4H2,1H3. The summed E-state index contributed by atoms with van der Waals surface area (Å²) in [6.45, 7) is 1.80. The first-order chi connectivity index (χ1) is 16.0. The SMILES string of the molecule is CCCCC(c1cc(F)cc(F)c1)C(OB(O)O)(c1cc(F)cc(F)c1)c1cc(F)cc(F)c1. The van der Waals surface area contributed by atoms with Gasteiger partial charge in [0.25, 0.3) is 0 Å². The predicted octanol–water partition coefficient (Wildman–Crippen LogP) is 5.72. The lowest BCUT2D eigenvalue weighted by molar-refractivity contribution is 0.0212. The Bertz CT molecular complexity index is 1050. The molecule has 0 amide bonds. The van der Waals surface area contributed by atoms with Gasteiger partial charge in [0.2, 0.25) is 0 Å². The van der Waals surface area contributed by atoms with E-state index in [-0.39, 0.29) is 23.1 Å². The molecule has 0 bridgehead atoms. The second kappa shape index (κ2) is 10.6. The molecule has 2 N–H and O–H groups in total. The van der Waals surface area contributed by atoms with Crippen LogP contribution in [0.15, 0.2) is 54.6 Å². The Hall–Kier alpha value is -2.82. The van der Waals surface area contributed by atoms with E-state index in [9.17, 15) is 36.4 Å². The molecule has 180 valence electrons. The molecule has 0 spiro atoms. The molecule has 0 aliphatic heterocycles. The lowest BCUT2D eigenvalue weighted by atomic mass is 9.70. The Kier molecular flexibility index (Phi) is 8.07. The molecule has 0 radical (unpaired) electrons. The van der Waals surface area contributed by atoms with Crippen molar-refractivity contribution in [2.24, 2.45) is 0 Å².